The quantitative estimate of drug-likeness (QED) is 0.507. The van der Waals surface area contributed by atoms with Gasteiger partial charge in [0, 0.05) is 41.0 Å². The van der Waals surface area contributed by atoms with Crippen molar-refractivity contribution in [3.63, 3.8) is 0 Å². The largest absolute Gasteiger partial charge is 0.478 e. The van der Waals surface area contributed by atoms with Gasteiger partial charge in [-0.05, 0) is 56.7 Å². The predicted octanol–water partition coefficient (Wildman–Crippen LogP) is 4.24. The summed E-state index contributed by atoms with van der Waals surface area (Å²) in [5, 5.41) is 12.8. The van der Waals surface area contributed by atoms with Crippen molar-refractivity contribution in [3.8, 4) is 11.3 Å². The molecule has 31 heavy (non-hydrogen) atoms. The number of carboxylic acid groups (broad SMARTS) is 1. The van der Waals surface area contributed by atoms with Gasteiger partial charge in [0.15, 0.2) is 0 Å². The Morgan fingerprint density at radius 2 is 1.84 bits per heavy atom. The molecule has 0 aliphatic carbocycles. The van der Waals surface area contributed by atoms with E-state index < -0.39 is 5.97 Å². The Morgan fingerprint density at radius 1 is 1.13 bits per heavy atom. The number of carboxylic acids is 1. The molecule has 156 valence electrons. The molecular formula is C24H22N4O3. The van der Waals surface area contributed by atoms with Gasteiger partial charge >= 0.3 is 5.97 Å². The van der Waals surface area contributed by atoms with E-state index in [-0.39, 0.29) is 17.2 Å². The van der Waals surface area contributed by atoms with Crippen molar-refractivity contribution in [3.05, 3.63) is 93.7 Å². The minimum absolute atomic E-state index is 0.139. The summed E-state index contributed by atoms with van der Waals surface area (Å²) in [4.78, 5) is 33.6. The standard InChI is InChI=1S/C24H22N4O3/c1-14-12-19(16(3)26-20-7-5-4-6-18(20)24(30)31)22-27-21(17-8-10-25-11-9-17)15(2)23(29)28(22)13-14/h4-13,16,26H,1-3H3,(H,30,31). The highest BCUT2D eigenvalue weighted by Gasteiger charge is 2.19. The number of nitrogens with one attached hydrogen (secondary N) is 1. The molecule has 0 aliphatic rings. The molecule has 0 spiro atoms. The lowest BCUT2D eigenvalue weighted by molar-refractivity contribution is 0.0698. The van der Waals surface area contributed by atoms with E-state index in [9.17, 15) is 14.7 Å². The smallest absolute Gasteiger partial charge is 0.337 e. The molecule has 3 aromatic heterocycles. The molecule has 1 aromatic carbocycles. The van der Waals surface area contributed by atoms with Crippen molar-refractivity contribution in [1.29, 1.82) is 0 Å². The topological polar surface area (TPSA) is 96.6 Å². The Bertz CT molecular complexity index is 1350. The fourth-order valence-corrected chi connectivity index (χ4v) is 3.71. The third-order valence-corrected chi connectivity index (χ3v) is 5.26. The van der Waals surface area contributed by atoms with E-state index in [1.807, 2.05) is 32.0 Å². The maximum absolute atomic E-state index is 13.2. The molecule has 0 saturated heterocycles. The third kappa shape index (κ3) is 3.77. The number of aryl methyl sites for hydroxylation is 1. The molecule has 3 heterocycles. The highest BCUT2D eigenvalue weighted by atomic mass is 16.4. The Labute approximate surface area is 179 Å². The van der Waals surface area contributed by atoms with Crippen molar-refractivity contribution in [1.82, 2.24) is 14.4 Å². The normalized spacial score (nSPS) is 12.0. The first-order valence-electron chi connectivity index (χ1n) is 9.89. The Balaban J connectivity index is 1.89. The van der Waals surface area contributed by atoms with Crippen molar-refractivity contribution >= 4 is 17.3 Å². The van der Waals surface area contributed by atoms with Crippen LogP contribution in [0.4, 0.5) is 5.69 Å². The number of pyridine rings is 2. The molecule has 0 bridgehead atoms. The van der Waals surface area contributed by atoms with E-state index in [2.05, 4.69) is 10.3 Å². The predicted molar refractivity (Wildman–Crippen MR) is 120 cm³/mol. The number of carbonyl (C=O) groups is 1. The molecule has 7 heteroatoms. The van der Waals surface area contributed by atoms with E-state index in [1.54, 1.807) is 54.2 Å². The zero-order valence-electron chi connectivity index (χ0n) is 17.5. The highest BCUT2D eigenvalue weighted by molar-refractivity contribution is 5.94. The zero-order chi connectivity index (χ0) is 22.1. The number of fused-ring (bicyclic) bond motifs is 1. The van der Waals surface area contributed by atoms with Crippen LogP contribution >= 0.6 is 0 Å². The number of benzene rings is 1. The van der Waals surface area contributed by atoms with Crippen LogP contribution < -0.4 is 10.9 Å². The third-order valence-electron chi connectivity index (χ3n) is 5.26. The molecule has 0 radical (unpaired) electrons. The number of hydrogen-bond donors (Lipinski definition) is 2. The first-order chi connectivity index (χ1) is 14.9. The zero-order valence-corrected chi connectivity index (χ0v) is 17.5. The first kappa shape index (κ1) is 20.3. The summed E-state index contributed by atoms with van der Waals surface area (Å²) < 4.78 is 1.56. The van der Waals surface area contributed by atoms with E-state index in [4.69, 9.17) is 4.98 Å². The van der Waals surface area contributed by atoms with Gasteiger partial charge in [-0.15, -0.1) is 0 Å². The lowest BCUT2D eigenvalue weighted by Crippen LogP contribution is -2.22. The maximum atomic E-state index is 13.2. The molecule has 0 fully saturated rings. The summed E-state index contributed by atoms with van der Waals surface area (Å²) in [5.41, 5.74) is 4.76. The molecule has 4 aromatic rings. The SMILES string of the molecule is Cc1cc(C(C)Nc2ccccc2C(=O)O)c2nc(-c3ccncc3)c(C)c(=O)n2c1. The average Bonchev–Trinajstić information content (AvgIpc) is 2.77. The van der Waals surface area contributed by atoms with Crippen molar-refractivity contribution < 1.29 is 9.90 Å². The van der Waals surface area contributed by atoms with Crippen LogP contribution in [0, 0.1) is 13.8 Å². The molecule has 7 nitrogen and oxygen atoms in total. The second-order valence-corrected chi connectivity index (χ2v) is 7.51. The van der Waals surface area contributed by atoms with Crippen LogP contribution in [0.3, 0.4) is 0 Å². The number of rotatable bonds is 5. The molecule has 4 rings (SSSR count). The first-order valence-corrected chi connectivity index (χ1v) is 9.89. The Morgan fingerprint density at radius 3 is 2.55 bits per heavy atom. The molecule has 1 atom stereocenters. The summed E-state index contributed by atoms with van der Waals surface area (Å²) >= 11 is 0. The van der Waals surface area contributed by atoms with Crippen LogP contribution in [0.15, 0.2) is 65.8 Å². The van der Waals surface area contributed by atoms with Crippen LogP contribution in [0.2, 0.25) is 0 Å². The lowest BCUT2D eigenvalue weighted by Gasteiger charge is -2.20. The minimum Gasteiger partial charge on any atom is -0.478 e. The number of hydrogen-bond acceptors (Lipinski definition) is 5. The minimum atomic E-state index is -1.01. The molecule has 0 saturated carbocycles. The molecule has 2 N–H and O–H groups in total. The van der Waals surface area contributed by atoms with E-state index in [1.165, 1.54) is 0 Å². The van der Waals surface area contributed by atoms with Gasteiger partial charge in [0.05, 0.1) is 17.3 Å². The van der Waals surface area contributed by atoms with Crippen molar-refractivity contribution in [2.45, 2.75) is 26.8 Å². The van der Waals surface area contributed by atoms with Crippen LogP contribution in [0.5, 0.6) is 0 Å². The Kier molecular flexibility index (Phi) is 5.25. The molecule has 0 amide bonds. The lowest BCUT2D eigenvalue weighted by atomic mass is 10.0. The van der Waals surface area contributed by atoms with Gasteiger partial charge in [0.1, 0.15) is 5.65 Å². The number of aromatic carboxylic acids is 1. The van der Waals surface area contributed by atoms with E-state index in [0.29, 0.717) is 22.6 Å². The van der Waals surface area contributed by atoms with Crippen molar-refractivity contribution in [2.24, 2.45) is 0 Å². The van der Waals surface area contributed by atoms with Crippen LogP contribution in [0.1, 0.15) is 40.0 Å². The van der Waals surface area contributed by atoms with Crippen LogP contribution in [-0.4, -0.2) is 25.4 Å². The average molecular weight is 414 g/mol. The molecule has 1 unspecified atom stereocenters. The van der Waals surface area contributed by atoms with Gasteiger partial charge in [0.2, 0.25) is 0 Å². The number of anilines is 1. The van der Waals surface area contributed by atoms with Gasteiger partial charge < -0.3 is 10.4 Å². The Hall–Kier alpha value is -4.00. The summed E-state index contributed by atoms with van der Waals surface area (Å²) in [7, 11) is 0. The van der Waals surface area contributed by atoms with Gasteiger partial charge in [-0.25, -0.2) is 9.78 Å². The van der Waals surface area contributed by atoms with Crippen molar-refractivity contribution in [2.75, 3.05) is 5.32 Å². The van der Waals surface area contributed by atoms with Crippen LogP contribution in [0.25, 0.3) is 16.9 Å². The second kappa shape index (κ2) is 8.02. The summed E-state index contributed by atoms with van der Waals surface area (Å²) in [5.74, 6) is -1.01. The summed E-state index contributed by atoms with van der Waals surface area (Å²) in [6, 6.07) is 12.1. The molecular weight excluding hydrogens is 392 g/mol. The van der Waals surface area contributed by atoms with Gasteiger partial charge in [0.25, 0.3) is 5.56 Å². The summed E-state index contributed by atoms with van der Waals surface area (Å²) in [6.45, 7) is 5.61. The summed E-state index contributed by atoms with van der Waals surface area (Å²) in [6.07, 6.45) is 5.11. The number of para-hydroxylation sites is 1. The monoisotopic (exact) mass is 414 g/mol. The van der Waals surface area contributed by atoms with E-state index >= 15 is 0 Å². The number of aromatic nitrogens is 3. The second-order valence-electron chi connectivity index (χ2n) is 7.51. The fourth-order valence-electron chi connectivity index (χ4n) is 3.71. The van der Waals surface area contributed by atoms with Gasteiger partial charge in [-0.3, -0.25) is 14.2 Å². The van der Waals surface area contributed by atoms with Crippen LogP contribution in [-0.2, 0) is 0 Å². The highest BCUT2D eigenvalue weighted by Crippen LogP contribution is 2.27. The maximum Gasteiger partial charge on any atom is 0.337 e. The number of nitrogens with zero attached hydrogens (tertiary/aromatic N) is 3. The van der Waals surface area contributed by atoms with E-state index in [0.717, 1.165) is 16.7 Å². The fraction of sp³-hybridized carbons (Fsp3) is 0.167. The molecule has 0 aliphatic heterocycles. The van der Waals surface area contributed by atoms with Gasteiger partial charge in [-0.1, -0.05) is 12.1 Å². The van der Waals surface area contributed by atoms with Gasteiger partial charge in [-0.2, -0.15) is 0 Å².